The normalized spacial score (nSPS) is 11.1. The molecule has 0 bridgehead atoms. The van der Waals surface area contributed by atoms with Crippen LogP contribution in [0.5, 0.6) is 0 Å². The Hall–Kier alpha value is -1.61. The number of nitriles is 2. The van der Waals surface area contributed by atoms with Crippen molar-refractivity contribution in [1.82, 2.24) is 13.9 Å². The van der Waals surface area contributed by atoms with Crippen molar-refractivity contribution in [3.05, 3.63) is 11.5 Å². The van der Waals surface area contributed by atoms with Gasteiger partial charge < -0.3 is 4.57 Å². The summed E-state index contributed by atoms with van der Waals surface area (Å²) >= 11 is 5.77. The van der Waals surface area contributed by atoms with E-state index in [0.29, 0.717) is 4.31 Å². The number of halogens is 1. The molecule has 0 spiro atoms. The predicted octanol–water partition coefficient (Wildman–Crippen LogP) is 0.111. The number of rotatable bonds is 4. The van der Waals surface area contributed by atoms with Crippen molar-refractivity contribution in [2.24, 2.45) is 7.05 Å². The van der Waals surface area contributed by atoms with Crippen LogP contribution in [0.3, 0.4) is 0 Å². The molecule has 9 heteroatoms. The van der Waals surface area contributed by atoms with E-state index in [4.69, 9.17) is 22.1 Å². The lowest BCUT2D eigenvalue weighted by Gasteiger charge is -2.14. The zero-order valence-corrected chi connectivity index (χ0v) is 10.4. The van der Waals surface area contributed by atoms with Crippen LogP contribution in [0, 0.1) is 22.7 Å². The third-order valence-corrected chi connectivity index (χ3v) is 4.20. The molecule has 1 aromatic rings. The van der Waals surface area contributed by atoms with Gasteiger partial charge in [0.2, 0.25) is 5.03 Å². The third kappa shape index (κ3) is 2.56. The van der Waals surface area contributed by atoms with Crippen molar-refractivity contribution >= 4 is 21.6 Å². The van der Waals surface area contributed by atoms with Crippen molar-refractivity contribution in [2.45, 2.75) is 5.03 Å². The quantitative estimate of drug-likeness (QED) is 0.725. The molecule has 1 aromatic heterocycles. The molecule has 0 aromatic carbocycles. The Bertz CT molecular complexity index is 578. The number of nitrogens with zero attached hydrogens (tertiary/aromatic N) is 5. The minimum absolute atomic E-state index is 0.0640. The van der Waals surface area contributed by atoms with Crippen LogP contribution in [0.4, 0.5) is 0 Å². The molecule has 0 unspecified atom stereocenters. The lowest BCUT2D eigenvalue weighted by atomic mass is 10.6. The van der Waals surface area contributed by atoms with Crippen LogP contribution in [0.1, 0.15) is 0 Å². The second-order valence-corrected chi connectivity index (χ2v) is 5.25. The maximum Gasteiger partial charge on any atom is 0.265 e. The van der Waals surface area contributed by atoms with Crippen LogP contribution in [-0.2, 0) is 17.1 Å². The van der Waals surface area contributed by atoms with Gasteiger partial charge in [0, 0.05) is 7.05 Å². The van der Waals surface area contributed by atoms with Crippen molar-refractivity contribution in [2.75, 3.05) is 13.1 Å². The molecular weight excluding hydrogens is 266 g/mol. The van der Waals surface area contributed by atoms with Gasteiger partial charge in [0.05, 0.1) is 18.5 Å². The first-order valence-electron chi connectivity index (χ1n) is 4.36. The molecule has 0 aliphatic carbocycles. The zero-order valence-electron chi connectivity index (χ0n) is 8.83. The first-order valence-corrected chi connectivity index (χ1v) is 6.17. The summed E-state index contributed by atoms with van der Waals surface area (Å²) in [5.74, 6) is 0. The van der Waals surface area contributed by atoms with E-state index in [1.165, 1.54) is 17.9 Å². The molecule has 0 atom stereocenters. The van der Waals surface area contributed by atoms with Gasteiger partial charge in [-0.15, -0.1) is 0 Å². The van der Waals surface area contributed by atoms with E-state index in [1.807, 2.05) is 0 Å². The molecule has 0 amide bonds. The van der Waals surface area contributed by atoms with Crippen molar-refractivity contribution in [3.8, 4) is 12.1 Å². The van der Waals surface area contributed by atoms with Gasteiger partial charge in [-0.25, -0.2) is 13.4 Å². The van der Waals surface area contributed by atoms with E-state index in [-0.39, 0.29) is 10.2 Å². The van der Waals surface area contributed by atoms with Gasteiger partial charge in [-0.05, 0) is 0 Å². The largest absolute Gasteiger partial charge is 0.324 e. The Morgan fingerprint density at radius 1 is 1.47 bits per heavy atom. The number of hydrogen-bond acceptors (Lipinski definition) is 5. The summed E-state index contributed by atoms with van der Waals surface area (Å²) in [5.41, 5.74) is 0. The van der Waals surface area contributed by atoms with Crippen molar-refractivity contribution < 1.29 is 8.42 Å². The molecular formula is C8H8ClN5O2S. The zero-order chi connectivity index (χ0) is 13.1. The first-order chi connectivity index (χ1) is 7.95. The highest BCUT2D eigenvalue weighted by atomic mass is 35.5. The van der Waals surface area contributed by atoms with Crippen LogP contribution in [0.15, 0.2) is 11.4 Å². The summed E-state index contributed by atoms with van der Waals surface area (Å²) < 4.78 is 26.1. The Morgan fingerprint density at radius 3 is 2.35 bits per heavy atom. The van der Waals surface area contributed by atoms with Gasteiger partial charge in [0.25, 0.3) is 10.0 Å². The molecule has 90 valence electrons. The van der Waals surface area contributed by atoms with Gasteiger partial charge in [0.1, 0.15) is 18.2 Å². The van der Waals surface area contributed by atoms with Crippen LogP contribution in [0.25, 0.3) is 0 Å². The summed E-state index contributed by atoms with van der Waals surface area (Å²) in [6.07, 6.45) is 1.24. The predicted molar refractivity (Wildman–Crippen MR) is 58.2 cm³/mol. The van der Waals surface area contributed by atoms with Crippen LogP contribution in [-0.4, -0.2) is 35.4 Å². The Kier molecular flexibility index (Phi) is 4.07. The monoisotopic (exact) mass is 273 g/mol. The average molecular weight is 274 g/mol. The fourth-order valence-corrected chi connectivity index (χ4v) is 2.69. The van der Waals surface area contributed by atoms with Gasteiger partial charge in [-0.2, -0.15) is 14.8 Å². The minimum Gasteiger partial charge on any atom is -0.324 e. The lowest BCUT2D eigenvalue weighted by Crippen LogP contribution is -2.32. The molecule has 17 heavy (non-hydrogen) atoms. The van der Waals surface area contributed by atoms with Crippen molar-refractivity contribution in [3.63, 3.8) is 0 Å². The van der Waals surface area contributed by atoms with Gasteiger partial charge in [0.15, 0.2) is 0 Å². The smallest absolute Gasteiger partial charge is 0.265 e. The summed E-state index contributed by atoms with van der Waals surface area (Å²) in [6, 6.07) is 3.35. The molecule has 0 aliphatic rings. The average Bonchev–Trinajstić information content (AvgIpc) is 2.60. The first kappa shape index (κ1) is 13.5. The Morgan fingerprint density at radius 2 is 2.00 bits per heavy atom. The van der Waals surface area contributed by atoms with E-state index >= 15 is 0 Å². The van der Waals surface area contributed by atoms with E-state index in [1.54, 1.807) is 12.1 Å². The Labute approximate surface area is 104 Å². The number of aryl methyl sites for hydroxylation is 1. The Balaban J connectivity index is 3.23. The van der Waals surface area contributed by atoms with Crippen LogP contribution in [0.2, 0.25) is 5.15 Å². The summed E-state index contributed by atoms with van der Waals surface area (Å²) in [4.78, 5) is 3.65. The maximum absolute atomic E-state index is 12.0. The van der Waals surface area contributed by atoms with E-state index in [0.717, 1.165) is 0 Å². The number of imidazole rings is 1. The second kappa shape index (κ2) is 5.15. The molecule has 0 N–H and O–H groups in total. The van der Waals surface area contributed by atoms with E-state index in [2.05, 4.69) is 4.98 Å². The standard InChI is InChI=1S/C8H8ClN5O2S/c1-13-6-12-8(7(13)9)17(15,16)14(4-2-10)5-3-11/h6H,4-5H2,1H3. The number of sulfonamides is 1. The summed E-state index contributed by atoms with van der Waals surface area (Å²) in [5, 5.41) is 16.6. The fraction of sp³-hybridized carbons (Fsp3) is 0.375. The minimum atomic E-state index is -4.01. The molecule has 1 heterocycles. The highest BCUT2D eigenvalue weighted by Crippen LogP contribution is 2.21. The molecule has 0 radical (unpaired) electrons. The topological polar surface area (TPSA) is 103 Å². The van der Waals surface area contributed by atoms with Gasteiger partial charge >= 0.3 is 0 Å². The van der Waals surface area contributed by atoms with E-state index in [9.17, 15) is 8.42 Å². The second-order valence-electron chi connectivity index (χ2n) is 3.04. The molecule has 0 fully saturated rings. The van der Waals surface area contributed by atoms with Crippen molar-refractivity contribution in [1.29, 1.82) is 10.5 Å². The third-order valence-electron chi connectivity index (χ3n) is 1.91. The number of hydrogen-bond donors (Lipinski definition) is 0. The molecule has 0 aliphatic heterocycles. The number of aromatic nitrogens is 2. The highest BCUT2D eigenvalue weighted by molar-refractivity contribution is 7.89. The lowest BCUT2D eigenvalue weighted by molar-refractivity contribution is 0.477. The maximum atomic E-state index is 12.0. The molecule has 0 saturated heterocycles. The molecule has 1 rings (SSSR count). The molecule has 7 nitrogen and oxygen atoms in total. The van der Waals surface area contributed by atoms with Gasteiger partial charge in [-0.1, -0.05) is 11.6 Å². The van der Waals surface area contributed by atoms with Crippen LogP contribution < -0.4 is 0 Å². The van der Waals surface area contributed by atoms with E-state index < -0.39 is 23.1 Å². The van der Waals surface area contributed by atoms with Gasteiger partial charge in [-0.3, -0.25) is 0 Å². The summed E-state index contributed by atoms with van der Waals surface area (Å²) in [7, 11) is -2.48. The fourth-order valence-electron chi connectivity index (χ4n) is 1.07. The molecule has 0 saturated carbocycles. The van der Waals surface area contributed by atoms with Crippen LogP contribution >= 0.6 is 11.6 Å². The SMILES string of the molecule is Cn1cnc(S(=O)(=O)N(CC#N)CC#N)c1Cl. The summed E-state index contributed by atoms with van der Waals surface area (Å²) in [6.45, 7) is -0.856. The highest BCUT2D eigenvalue weighted by Gasteiger charge is 2.29.